The van der Waals surface area contributed by atoms with Crippen LogP contribution in [0.4, 0.5) is 37.0 Å². The van der Waals surface area contributed by atoms with E-state index < -0.39 is 12.7 Å². The van der Waals surface area contributed by atoms with E-state index in [4.69, 9.17) is 15.5 Å². The van der Waals surface area contributed by atoms with Crippen LogP contribution >= 0.6 is 0 Å². The van der Waals surface area contributed by atoms with Gasteiger partial charge in [-0.25, -0.2) is 29.8 Å². The second-order valence-corrected chi connectivity index (χ2v) is 11.7. The molecule has 2 fully saturated rings. The Morgan fingerprint density at radius 3 is 2.04 bits per heavy atom. The number of fused-ring (bicyclic) bond motifs is 1. The molecule has 2 saturated heterocycles. The van der Waals surface area contributed by atoms with E-state index in [0.29, 0.717) is 18.3 Å². The van der Waals surface area contributed by atoms with Gasteiger partial charge in [0.15, 0.2) is 11.5 Å². The number of anilines is 1. The van der Waals surface area contributed by atoms with Gasteiger partial charge in [0.25, 0.3) is 0 Å². The summed E-state index contributed by atoms with van der Waals surface area (Å²) in [7, 11) is 2.16. The van der Waals surface area contributed by atoms with Crippen LogP contribution in [0.1, 0.15) is 13.8 Å². The quantitative estimate of drug-likeness (QED) is 0.0950. The number of urea groups is 1. The van der Waals surface area contributed by atoms with Crippen LogP contribution in [0.3, 0.4) is 0 Å². The van der Waals surface area contributed by atoms with Gasteiger partial charge in [-0.05, 0) is 24.6 Å². The van der Waals surface area contributed by atoms with E-state index in [0.717, 1.165) is 67.4 Å². The summed E-state index contributed by atoms with van der Waals surface area (Å²) in [5.74, 6) is 1.70. The number of carbonyl (C=O) groups excluding carboxylic acids is 1. The number of aromatic nitrogens is 6. The topological polar surface area (TPSA) is 161 Å². The SMILES string of the molecule is C=C.CC(C)[C@H]1CN(CCN2CCN(C)CC2)C(=O)N1c1ccn2ncc(-c3ccc(-c4ncn[nH]4)cc3)c2n1.OOC(F)(F)F.OOC(F)(F)F. The minimum absolute atomic E-state index is 0.0344. The molecule has 0 unspecified atom stereocenters. The maximum absolute atomic E-state index is 13.7. The highest BCUT2D eigenvalue weighted by Crippen LogP contribution is 2.31. The molecule has 4 aromatic rings. The van der Waals surface area contributed by atoms with Crippen molar-refractivity contribution in [3.05, 3.63) is 62.2 Å². The lowest BCUT2D eigenvalue weighted by Gasteiger charge is -2.33. The van der Waals surface area contributed by atoms with E-state index in [1.54, 1.807) is 4.52 Å². The van der Waals surface area contributed by atoms with Gasteiger partial charge < -0.3 is 9.80 Å². The molecule has 5 heterocycles. The summed E-state index contributed by atoms with van der Waals surface area (Å²) < 4.78 is 63.6. The van der Waals surface area contributed by atoms with Crippen LogP contribution in [0, 0.1) is 5.92 Å². The summed E-state index contributed by atoms with van der Waals surface area (Å²) in [6, 6.07) is 10.1. The third-order valence-corrected chi connectivity index (χ3v) is 7.96. The van der Waals surface area contributed by atoms with Gasteiger partial charge in [0.1, 0.15) is 12.1 Å². The zero-order valence-corrected chi connectivity index (χ0v) is 28.5. The number of aromatic amines is 1. The summed E-state index contributed by atoms with van der Waals surface area (Å²) >= 11 is 0. The molecule has 0 aliphatic carbocycles. The molecule has 286 valence electrons. The molecule has 1 aromatic carbocycles. The minimum Gasteiger partial charge on any atom is -0.321 e. The van der Waals surface area contributed by atoms with Crippen LogP contribution in [-0.2, 0) is 9.78 Å². The summed E-state index contributed by atoms with van der Waals surface area (Å²) in [6.45, 7) is 17.0. The fourth-order valence-corrected chi connectivity index (χ4v) is 5.33. The van der Waals surface area contributed by atoms with Crippen LogP contribution in [0.15, 0.2) is 62.2 Å². The number of piperazine rings is 1. The number of nitrogens with one attached hydrogen (secondary N) is 1. The van der Waals surface area contributed by atoms with Crippen LogP contribution in [0.25, 0.3) is 28.2 Å². The number of likely N-dealkylation sites (N-methyl/N-ethyl adjacent to an activating group) is 1. The number of hydrogen-bond acceptors (Lipinski definition) is 11. The van der Waals surface area contributed by atoms with Crippen LogP contribution < -0.4 is 4.90 Å². The minimum atomic E-state index is -4.90. The summed E-state index contributed by atoms with van der Waals surface area (Å²) in [6.07, 6.45) is -4.59. The maximum Gasteiger partial charge on any atom is 0.549 e. The molecule has 3 N–H and O–H groups in total. The van der Waals surface area contributed by atoms with Gasteiger partial charge in [-0.15, -0.1) is 49.3 Å². The van der Waals surface area contributed by atoms with Crippen LogP contribution in [-0.4, -0.2) is 133 Å². The van der Waals surface area contributed by atoms with Crippen molar-refractivity contribution in [2.45, 2.75) is 32.6 Å². The smallest absolute Gasteiger partial charge is 0.321 e. The van der Waals surface area contributed by atoms with Crippen molar-refractivity contribution < 1.29 is 51.4 Å². The Bertz CT molecular complexity index is 1650. The summed E-state index contributed by atoms with van der Waals surface area (Å²) in [5, 5.41) is 24.9. The zero-order valence-electron chi connectivity index (χ0n) is 28.5. The normalized spacial score (nSPS) is 17.0. The monoisotopic (exact) mass is 746 g/mol. The van der Waals surface area contributed by atoms with Gasteiger partial charge >= 0.3 is 18.8 Å². The Morgan fingerprint density at radius 2 is 1.52 bits per heavy atom. The van der Waals surface area contributed by atoms with Crippen molar-refractivity contribution in [2.75, 3.05) is 57.8 Å². The molecule has 52 heavy (non-hydrogen) atoms. The second-order valence-electron chi connectivity index (χ2n) is 11.7. The maximum atomic E-state index is 13.7. The number of rotatable bonds is 7. The highest BCUT2D eigenvalue weighted by Gasteiger charge is 2.40. The number of hydrogen-bond donors (Lipinski definition) is 3. The van der Waals surface area contributed by atoms with Crippen molar-refractivity contribution >= 4 is 17.5 Å². The molecule has 3 aromatic heterocycles. The molecule has 2 amide bonds. The van der Waals surface area contributed by atoms with Gasteiger partial charge in [-0.2, -0.15) is 10.2 Å². The van der Waals surface area contributed by atoms with Crippen molar-refractivity contribution in [2.24, 2.45) is 5.92 Å². The Hall–Kier alpha value is -4.67. The Morgan fingerprint density at radius 1 is 0.942 bits per heavy atom. The zero-order chi connectivity index (χ0) is 38.6. The number of benzene rings is 1. The first-order valence-corrected chi connectivity index (χ1v) is 15.7. The molecule has 0 saturated carbocycles. The van der Waals surface area contributed by atoms with E-state index in [2.05, 4.69) is 64.1 Å². The molecular weight excluding hydrogens is 706 g/mol. The van der Waals surface area contributed by atoms with Gasteiger partial charge in [0, 0.05) is 63.1 Å². The molecule has 0 spiro atoms. The number of carbonyl (C=O) groups is 1. The van der Waals surface area contributed by atoms with E-state index in [1.807, 2.05) is 62.3 Å². The number of amides is 2. The largest absolute Gasteiger partial charge is 0.549 e. The molecular formula is C31H40F6N10O5. The first-order chi connectivity index (χ1) is 24.6. The number of halogens is 6. The van der Waals surface area contributed by atoms with Crippen LogP contribution in [0.2, 0.25) is 0 Å². The first-order valence-electron chi connectivity index (χ1n) is 15.7. The molecule has 21 heteroatoms. The van der Waals surface area contributed by atoms with Gasteiger partial charge in [-0.3, -0.25) is 14.9 Å². The average molecular weight is 747 g/mol. The highest BCUT2D eigenvalue weighted by atomic mass is 19.4. The summed E-state index contributed by atoms with van der Waals surface area (Å²) in [4.78, 5) is 35.4. The fourth-order valence-electron chi connectivity index (χ4n) is 5.33. The highest BCUT2D eigenvalue weighted by molar-refractivity contribution is 5.94. The second kappa shape index (κ2) is 18.7. The van der Waals surface area contributed by atoms with Gasteiger partial charge in [-0.1, -0.05) is 38.1 Å². The number of H-pyrrole nitrogens is 1. The third-order valence-electron chi connectivity index (χ3n) is 7.96. The molecule has 0 bridgehead atoms. The molecule has 2 aliphatic rings. The Kier molecular flexibility index (Phi) is 15.0. The standard InChI is InChI=1S/C27H34N10O.C2H4.2CHF3O2/c1-19(2)23-17-35(15-14-34-12-10-33(3)11-13-34)27(38)37(23)24-8-9-36-26(31-24)22(16-30-36)20-4-6-21(7-5-20)25-28-18-29-32-25;1-2;2*2-1(3,4)6-5/h4-9,16,18-19,23H,10-15,17H2,1-3H3,(H,28,29,32);1-2H2;2*5H/t23-;;;/m1.../s1. The molecule has 6 rings (SSSR count). The van der Waals surface area contributed by atoms with Crippen molar-refractivity contribution in [3.8, 4) is 22.5 Å². The first kappa shape index (κ1) is 41.7. The Balaban J connectivity index is 0.000000447. The lowest BCUT2D eigenvalue weighted by Crippen LogP contribution is -2.47. The van der Waals surface area contributed by atoms with Crippen LogP contribution in [0.5, 0.6) is 0 Å². The van der Waals surface area contributed by atoms with E-state index in [-0.39, 0.29) is 12.1 Å². The third kappa shape index (κ3) is 11.7. The van der Waals surface area contributed by atoms with Crippen molar-refractivity contribution in [3.63, 3.8) is 0 Å². The Labute approximate surface area is 294 Å². The van der Waals surface area contributed by atoms with E-state index >= 15 is 0 Å². The van der Waals surface area contributed by atoms with Gasteiger partial charge in [0.05, 0.1) is 12.2 Å². The number of alkyl halides is 6. The predicted octanol–water partition coefficient (Wildman–Crippen LogP) is 5.49. The molecule has 0 radical (unpaired) electrons. The number of nitrogens with zero attached hydrogens (tertiary/aromatic N) is 9. The average Bonchev–Trinajstić information content (AvgIpc) is 3.88. The molecule has 2 aliphatic heterocycles. The van der Waals surface area contributed by atoms with Gasteiger partial charge in [0.2, 0.25) is 0 Å². The lowest BCUT2D eigenvalue weighted by molar-refractivity contribution is -0.465. The fraction of sp³-hybridized carbons (Fsp3) is 0.452. The predicted molar refractivity (Wildman–Crippen MR) is 177 cm³/mol. The van der Waals surface area contributed by atoms with E-state index in [1.165, 1.54) is 6.33 Å². The molecule has 15 nitrogen and oxygen atoms in total. The van der Waals surface area contributed by atoms with Crippen molar-refractivity contribution in [1.82, 2.24) is 44.5 Å². The summed E-state index contributed by atoms with van der Waals surface area (Å²) in [5.41, 5.74) is 3.59. The molecule has 1 atom stereocenters. The van der Waals surface area contributed by atoms with E-state index in [9.17, 15) is 31.1 Å². The van der Waals surface area contributed by atoms with Crippen molar-refractivity contribution in [1.29, 1.82) is 0 Å². The lowest BCUT2D eigenvalue weighted by atomic mass is 10.0.